The number of halogens is 4. The first-order valence-electron chi connectivity index (χ1n) is 4.95. The fourth-order valence-electron chi connectivity index (χ4n) is 1.28. The Hall–Kier alpha value is -0.620. The highest BCUT2D eigenvalue weighted by Gasteiger charge is 2.31. The van der Waals surface area contributed by atoms with Crippen molar-refractivity contribution in [3.63, 3.8) is 0 Å². The van der Waals surface area contributed by atoms with Gasteiger partial charge in [0.2, 0.25) is 6.17 Å². The van der Waals surface area contributed by atoms with Crippen molar-refractivity contribution in [1.29, 1.82) is 0 Å². The summed E-state index contributed by atoms with van der Waals surface area (Å²) in [6.45, 7) is 1.60. The molecule has 0 spiro atoms. The fourth-order valence-corrected chi connectivity index (χ4v) is 2.02. The normalized spacial score (nSPS) is 14.1. The summed E-state index contributed by atoms with van der Waals surface area (Å²) in [5.74, 6) is -1.08. The lowest BCUT2D eigenvalue weighted by molar-refractivity contribution is -0.149. The van der Waals surface area contributed by atoms with Crippen LogP contribution in [0.15, 0.2) is 6.20 Å². The lowest BCUT2D eigenvalue weighted by Crippen LogP contribution is -2.32. The molecule has 1 unspecified atom stereocenters. The molecule has 0 radical (unpaired) electrons. The molecule has 0 saturated carbocycles. The van der Waals surface area contributed by atoms with E-state index in [1.165, 1.54) is 6.20 Å². The van der Waals surface area contributed by atoms with Crippen LogP contribution in [-0.2, 0) is 9.53 Å². The Labute approximate surface area is 118 Å². The van der Waals surface area contributed by atoms with Crippen LogP contribution in [0.4, 0.5) is 4.39 Å². The van der Waals surface area contributed by atoms with E-state index < -0.39 is 18.2 Å². The largest absolute Gasteiger partial charge is 0.464 e. The molecule has 0 amide bonds. The number of aromatic nitrogens is 1. The van der Waals surface area contributed by atoms with E-state index in [0.29, 0.717) is 0 Å². The summed E-state index contributed by atoms with van der Waals surface area (Å²) in [4.78, 5) is 14.9. The Morgan fingerprint density at radius 1 is 1.56 bits per heavy atom. The van der Waals surface area contributed by atoms with Crippen LogP contribution in [-0.4, -0.2) is 23.7 Å². The maximum Gasteiger partial charge on any atom is 0.342 e. The highest BCUT2D eigenvalue weighted by atomic mass is 35.5. The Bertz CT molecular complexity index is 459. The van der Waals surface area contributed by atoms with Gasteiger partial charge in [0.1, 0.15) is 5.15 Å². The van der Waals surface area contributed by atoms with E-state index in [2.05, 4.69) is 9.72 Å². The third kappa shape index (κ3) is 3.23. The van der Waals surface area contributed by atoms with Crippen molar-refractivity contribution < 1.29 is 13.9 Å². The molecule has 4 nitrogen and oxygen atoms in total. The van der Waals surface area contributed by atoms with Crippen molar-refractivity contribution in [3.05, 3.63) is 27.0 Å². The van der Waals surface area contributed by atoms with E-state index in [1.54, 1.807) is 6.92 Å². The number of ether oxygens (including phenoxy) is 1. The number of carbonyl (C=O) groups is 1. The molecule has 18 heavy (non-hydrogen) atoms. The molecule has 0 aliphatic carbocycles. The maximum absolute atomic E-state index is 13.8. The van der Waals surface area contributed by atoms with Crippen LogP contribution >= 0.6 is 34.8 Å². The molecule has 1 heterocycles. The summed E-state index contributed by atoms with van der Waals surface area (Å²) >= 11 is 17.3. The minimum atomic E-state index is -2.08. The minimum Gasteiger partial charge on any atom is -0.464 e. The molecule has 0 aliphatic rings. The van der Waals surface area contributed by atoms with Crippen LogP contribution in [0.5, 0.6) is 0 Å². The molecule has 100 valence electrons. The zero-order valence-corrected chi connectivity index (χ0v) is 11.6. The first-order chi connectivity index (χ1) is 8.40. The average Bonchev–Trinajstić information content (AvgIpc) is 2.33. The molecule has 0 bridgehead atoms. The first kappa shape index (κ1) is 15.4. The van der Waals surface area contributed by atoms with Gasteiger partial charge in [-0.2, -0.15) is 0 Å². The summed E-state index contributed by atoms with van der Waals surface area (Å²) in [7, 11) is 0. The van der Waals surface area contributed by atoms with Crippen molar-refractivity contribution in [2.45, 2.75) is 19.1 Å². The second kappa shape index (κ2) is 6.52. The number of nitrogens with zero attached hydrogens (tertiary/aromatic N) is 1. The van der Waals surface area contributed by atoms with E-state index in [9.17, 15) is 9.18 Å². The third-order valence-electron chi connectivity index (χ3n) is 2.13. The number of hydrogen-bond donors (Lipinski definition) is 1. The lowest BCUT2D eigenvalue weighted by Gasteiger charge is -2.18. The molecule has 0 aliphatic heterocycles. The zero-order valence-electron chi connectivity index (χ0n) is 9.29. The standard InChI is InChI=1S/C10H10Cl3FN2O2/c1-2-18-10(17)7(14)8(15)5-4(11)3-16-9(13)6(5)12/h3,7-8H,2,15H2,1H3/t7?,8-/m1/s1. The predicted octanol–water partition coefficient (Wildman–Crippen LogP) is 2.94. The van der Waals surface area contributed by atoms with Crippen LogP contribution in [0.2, 0.25) is 15.2 Å². The van der Waals surface area contributed by atoms with Crippen LogP contribution in [0, 0.1) is 0 Å². The Balaban J connectivity index is 3.07. The molecule has 1 aromatic heterocycles. The number of rotatable bonds is 4. The van der Waals surface area contributed by atoms with Gasteiger partial charge in [0.25, 0.3) is 0 Å². The van der Waals surface area contributed by atoms with E-state index >= 15 is 0 Å². The van der Waals surface area contributed by atoms with Gasteiger partial charge in [0.05, 0.1) is 22.7 Å². The average molecular weight is 316 g/mol. The van der Waals surface area contributed by atoms with Crippen molar-refractivity contribution in [3.8, 4) is 0 Å². The van der Waals surface area contributed by atoms with Gasteiger partial charge in [0, 0.05) is 11.8 Å². The Kier molecular flexibility index (Phi) is 5.59. The lowest BCUT2D eigenvalue weighted by atomic mass is 10.0. The van der Waals surface area contributed by atoms with Crippen LogP contribution < -0.4 is 5.73 Å². The predicted molar refractivity (Wildman–Crippen MR) is 67.7 cm³/mol. The van der Waals surface area contributed by atoms with E-state index in [1.807, 2.05) is 0 Å². The van der Waals surface area contributed by atoms with Crippen LogP contribution in [0.25, 0.3) is 0 Å². The zero-order chi connectivity index (χ0) is 13.9. The van der Waals surface area contributed by atoms with Crippen LogP contribution in [0.1, 0.15) is 18.5 Å². The fraction of sp³-hybridized carbons (Fsp3) is 0.400. The van der Waals surface area contributed by atoms with E-state index in [4.69, 9.17) is 40.5 Å². The summed E-state index contributed by atoms with van der Waals surface area (Å²) in [6, 6.07) is -1.37. The Morgan fingerprint density at radius 3 is 2.72 bits per heavy atom. The van der Waals surface area contributed by atoms with Gasteiger partial charge in [-0.25, -0.2) is 14.2 Å². The van der Waals surface area contributed by atoms with Gasteiger partial charge >= 0.3 is 5.97 Å². The number of esters is 1. The number of hydrogen-bond acceptors (Lipinski definition) is 4. The monoisotopic (exact) mass is 314 g/mol. The number of carbonyl (C=O) groups excluding carboxylic acids is 1. The molecule has 0 aromatic carbocycles. The molecule has 0 saturated heterocycles. The number of pyridine rings is 1. The molecule has 1 rings (SSSR count). The number of alkyl halides is 1. The van der Waals surface area contributed by atoms with Gasteiger partial charge in [-0.05, 0) is 6.92 Å². The second-order valence-corrected chi connectivity index (χ2v) is 4.45. The highest BCUT2D eigenvalue weighted by Crippen LogP contribution is 2.35. The summed E-state index contributed by atoms with van der Waals surface area (Å²) in [6.07, 6.45) is -0.901. The molecule has 2 N–H and O–H groups in total. The molecule has 2 atom stereocenters. The second-order valence-electron chi connectivity index (χ2n) is 3.30. The van der Waals surface area contributed by atoms with Gasteiger partial charge in [-0.1, -0.05) is 34.8 Å². The van der Waals surface area contributed by atoms with Crippen molar-refractivity contribution >= 4 is 40.8 Å². The summed E-state index contributed by atoms with van der Waals surface area (Å²) in [5.41, 5.74) is 5.64. The topological polar surface area (TPSA) is 65.2 Å². The van der Waals surface area contributed by atoms with Gasteiger partial charge < -0.3 is 10.5 Å². The van der Waals surface area contributed by atoms with Crippen LogP contribution in [0.3, 0.4) is 0 Å². The molecule has 1 aromatic rings. The maximum atomic E-state index is 13.8. The van der Waals surface area contributed by atoms with E-state index in [-0.39, 0.29) is 27.4 Å². The quantitative estimate of drug-likeness (QED) is 0.685. The van der Waals surface area contributed by atoms with Gasteiger partial charge in [0.15, 0.2) is 0 Å². The first-order valence-corrected chi connectivity index (χ1v) is 6.09. The van der Waals surface area contributed by atoms with Gasteiger partial charge in [-0.15, -0.1) is 0 Å². The van der Waals surface area contributed by atoms with Crippen molar-refractivity contribution in [2.75, 3.05) is 6.61 Å². The molecule has 0 fully saturated rings. The molecular weight excluding hydrogens is 305 g/mol. The molecule has 8 heteroatoms. The SMILES string of the molecule is CCOC(=O)C(F)[C@H](N)c1c(Cl)cnc(Cl)c1Cl. The van der Waals surface area contributed by atoms with Crippen molar-refractivity contribution in [1.82, 2.24) is 4.98 Å². The summed E-state index contributed by atoms with van der Waals surface area (Å²) < 4.78 is 18.3. The van der Waals surface area contributed by atoms with Crippen molar-refractivity contribution in [2.24, 2.45) is 5.73 Å². The summed E-state index contributed by atoms with van der Waals surface area (Å²) in [5, 5.41) is -0.116. The minimum absolute atomic E-state index is 0.0267. The number of nitrogens with two attached hydrogens (primary N) is 1. The smallest absolute Gasteiger partial charge is 0.342 e. The highest BCUT2D eigenvalue weighted by molar-refractivity contribution is 6.43. The Morgan fingerprint density at radius 2 is 2.17 bits per heavy atom. The van der Waals surface area contributed by atoms with Gasteiger partial charge in [-0.3, -0.25) is 0 Å². The molecular formula is C10H10Cl3FN2O2. The van der Waals surface area contributed by atoms with E-state index in [0.717, 1.165) is 0 Å². The third-order valence-corrected chi connectivity index (χ3v) is 3.19.